The van der Waals surface area contributed by atoms with E-state index in [-0.39, 0.29) is 5.56 Å². The monoisotopic (exact) mass is 340 g/mol. The number of ether oxygens (including phenoxy) is 1. The predicted molar refractivity (Wildman–Crippen MR) is 94.7 cm³/mol. The van der Waals surface area contributed by atoms with Gasteiger partial charge in [-0.3, -0.25) is 15.1 Å². The minimum atomic E-state index is -0.524. The number of nitrogens with one attached hydrogen (secondary N) is 2. The summed E-state index contributed by atoms with van der Waals surface area (Å²) in [5.41, 5.74) is 1.39. The van der Waals surface area contributed by atoms with Crippen molar-refractivity contribution in [3.63, 3.8) is 0 Å². The first-order valence-electron chi connectivity index (χ1n) is 7.78. The Morgan fingerprint density at radius 1 is 1.36 bits per heavy atom. The molecule has 1 aromatic carbocycles. The van der Waals surface area contributed by atoms with E-state index in [2.05, 4.69) is 20.7 Å². The summed E-state index contributed by atoms with van der Waals surface area (Å²) in [6.45, 7) is 2.50. The third-order valence-electron chi connectivity index (χ3n) is 3.39. The molecule has 0 aliphatic heterocycles. The SMILES string of the molecule is C/N=C(\NC#N)NCCOC(C)n1nc(-c2ccccc2)ccc1=O. The molecule has 1 aromatic heterocycles. The second-order valence-electron chi connectivity index (χ2n) is 5.07. The fraction of sp³-hybridized carbons (Fsp3) is 0.294. The van der Waals surface area contributed by atoms with Gasteiger partial charge in [-0.15, -0.1) is 0 Å². The average Bonchev–Trinajstić information content (AvgIpc) is 2.65. The molecule has 0 spiro atoms. The number of rotatable bonds is 6. The van der Waals surface area contributed by atoms with E-state index in [1.807, 2.05) is 30.3 Å². The standard InChI is InChI=1S/C17H20N6O2/c1-13(25-11-10-20-17(19-2)21-12-18)23-16(24)9-8-15(22-23)14-6-4-3-5-7-14/h3-9,13H,10-11H2,1-2H3,(H2,19,20,21). The van der Waals surface area contributed by atoms with Crippen LogP contribution in [0, 0.1) is 11.5 Å². The Bertz CT molecular complexity index is 810. The van der Waals surface area contributed by atoms with Gasteiger partial charge in [0.05, 0.1) is 12.3 Å². The molecule has 25 heavy (non-hydrogen) atoms. The van der Waals surface area contributed by atoms with E-state index < -0.39 is 6.23 Å². The van der Waals surface area contributed by atoms with Crippen molar-refractivity contribution < 1.29 is 4.74 Å². The van der Waals surface area contributed by atoms with Gasteiger partial charge in [-0.25, -0.2) is 4.68 Å². The highest BCUT2D eigenvalue weighted by Crippen LogP contribution is 2.15. The van der Waals surface area contributed by atoms with E-state index in [9.17, 15) is 4.79 Å². The quantitative estimate of drug-likeness (QED) is 0.268. The Morgan fingerprint density at radius 3 is 2.80 bits per heavy atom. The van der Waals surface area contributed by atoms with Crippen LogP contribution in [0.5, 0.6) is 0 Å². The molecule has 1 heterocycles. The van der Waals surface area contributed by atoms with Crippen molar-refractivity contribution >= 4 is 5.96 Å². The summed E-state index contributed by atoms with van der Waals surface area (Å²) in [6.07, 6.45) is 1.26. The zero-order valence-electron chi connectivity index (χ0n) is 14.1. The molecular formula is C17H20N6O2. The molecule has 2 N–H and O–H groups in total. The fourth-order valence-electron chi connectivity index (χ4n) is 2.15. The molecule has 2 aromatic rings. The zero-order valence-corrected chi connectivity index (χ0v) is 14.1. The van der Waals surface area contributed by atoms with Crippen LogP contribution in [0.25, 0.3) is 11.3 Å². The molecule has 0 fully saturated rings. The lowest BCUT2D eigenvalue weighted by Crippen LogP contribution is -2.37. The predicted octanol–water partition coefficient (Wildman–Crippen LogP) is 1.09. The number of nitrogens with zero attached hydrogens (tertiary/aromatic N) is 4. The normalized spacial score (nSPS) is 12.3. The molecule has 0 aliphatic rings. The number of guanidine groups is 1. The maximum atomic E-state index is 12.1. The Labute approximate surface area is 145 Å². The largest absolute Gasteiger partial charge is 0.355 e. The van der Waals surface area contributed by atoms with Gasteiger partial charge in [0.25, 0.3) is 5.56 Å². The molecular weight excluding hydrogens is 320 g/mol. The minimum Gasteiger partial charge on any atom is -0.355 e. The second kappa shape index (κ2) is 9.20. The molecule has 1 atom stereocenters. The number of aliphatic imine (C=N–C) groups is 1. The van der Waals surface area contributed by atoms with Crippen molar-refractivity contribution in [2.75, 3.05) is 20.2 Å². The van der Waals surface area contributed by atoms with Crippen LogP contribution in [-0.4, -0.2) is 35.9 Å². The highest BCUT2D eigenvalue weighted by atomic mass is 16.5. The summed E-state index contributed by atoms with van der Waals surface area (Å²) in [5.74, 6) is 0.361. The van der Waals surface area contributed by atoms with Crippen LogP contribution in [0.15, 0.2) is 52.3 Å². The van der Waals surface area contributed by atoms with Crippen LogP contribution in [0.1, 0.15) is 13.2 Å². The van der Waals surface area contributed by atoms with E-state index in [0.717, 1.165) is 5.56 Å². The lowest BCUT2D eigenvalue weighted by molar-refractivity contribution is 0.00786. The first-order chi connectivity index (χ1) is 12.2. The minimum absolute atomic E-state index is 0.234. The summed E-state index contributed by atoms with van der Waals surface area (Å²) in [5, 5.41) is 18.3. The van der Waals surface area contributed by atoms with Gasteiger partial charge in [0.1, 0.15) is 0 Å². The van der Waals surface area contributed by atoms with Crippen molar-refractivity contribution in [2.24, 2.45) is 4.99 Å². The van der Waals surface area contributed by atoms with E-state index in [1.165, 1.54) is 10.7 Å². The molecule has 0 radical (unpaired) electrons. The van der Waals surface area contributed by atoms with Gasteiger partial charge >= 0.3 is 0 Å². The lowest BCUT2D eigenvalue weighted by Gasteiger charge is -2.16. The molecule has 0 saturated heterocycles. The first-order valence-corrected chi connectivity index (χ1v) is 7.78. The van der Waals surface area contributed by atoms with Gasteiger partial charge in [0.15, 0.2) is 12.4 Å². The van der Waals surface area contributed by atoms with Gasteiger partial charge < -0.3 is 10.1 Å². The molecule has 0 aliphatic carbocycles. The van der Waals surface area contributed by atoms with Crippen LogP contribution in [-0.2, 0) is 4.74 Å². The summed E-state index contributed by atoms with van der Waals surface area (Å²) in [6, 6.07) is 12.8. The Morgan fingerprint density at radius 2 is 2.12 bits per heavy atom. The number of hydrogen-bond acceptors (Lipinski definition) is 5. The number of hydrogen-bond donors (Lipinski definition) is 2. The molecule has 0 saturated carbocycles. The fourth-order valence-corrected chi connectivity index (χ4v) is 2.15. The Hall–Kier alpha value is -3.18. The van der Waals surface area contributed by atoms with Crippen LogP contribution >= 0.6 is 0 Å². The van der Waals surface area contributed by atoms with Gasteiger partial charge in [-0.05, 0) is 13.0 Å². The smallest absolute Gasteiger partial charge is 0.269 e. The summed E-state index contributed by atoms with van der Waals surface area (Å²) in [4.78, 5) is 15.9. The lowest BCUT2D eigenvalue weighted by atomic mass is 10.1. The van der Waals surface area contributed by atoms with Gasteiger partial charge in [0, 0.05) is 25.2 Å². The average molecular weight is 340 g/mol. The number of aromatic nitrogens is 2. The van der Waals surface area contributed by atoms with Crippen LogP contribution < -0.4 is 16.2 Å². The van der Waals surface area contributed by atoms with Gasteiger partial charge in [-0.2, -0.15) is 10.4 Å². The molecule has 1 unspecified atom stereocenters. The van der Waals surface area contributed by atoms with E-state index >= 15 is 0 Å². The topological polar surface area (TPSA) is 104 Å². The van der Waals surface area contributed by atoms with Crippen LogP contribution in [0.3, 0.4) is 0 Å². The van der Waals surface area contributed by atoms with E-state index in [4.69, 9.17) is 10.00 Å². The zero-order chi connectivity index (χ0) is 18.1. The number of benzene rings is 1. The van der Waals surface area contributed by atoms with Crippen molar-refractivity contribution in [1.29, 1.82) is 5.26 Å². The summed E-state index contributed by atoms with van der Waals surface area (Å²) >= 11 is 0. The van der Waals surface area contributed by atoms with Crippen molar-refractivity contribution in [1.82, 2.24) is 20.4 Å². The Balaban J connectivity index is 1.99. The molecule has 0 amide bonds. The molecule has 8 nitrogen and oxygen atoms in total. The molecule has 0 bridgehead atoms. The molecule has 8 heteroatoms. The van der Waals surface area contributed by atoms with Crippen molar-refractivity contribution in [3.05, 3.63) is 52.8 Å². The van der Waals surface area contributed by atoms with Gasteiger partial charge in [0.2, 0.25) is 5.96 Å². The van der Waals surface area contributed by atoms with Gasteiger partial charge in [-0.1, -0.05) is 30.3 Å². The number of nitriles is 1. The van der Waals surface area contributed by atoms with E-state index in [1.54, 1.807) is 26.2 Å². The Kier molecular flexibility index (Phi) is 6.68. The van der Waals surface area contributed by atoms with Crippen LogP contribution in [0.4, 0.5) is 0 Å². The highest BCUT2D eigenvalue weighted by molar-refractivity contribution is 5.80. The van der Waals surface area contributed by atoms with E-state index in [0.29, 0.717) is 24.8 Å². The maximum Gasteiger partial charge on any atom is 0.269 e. The third kappa shape index (κ3) is 5.16. The third-order valence-corrected chi connectivity index (χ3v) is 3.39. The summed E-state index contributed by atoms with van der Waals surface area (Å²) in [7, 11) is 1.56. The first kappa shape index (κ1) is 18.2. The maximum absolute atomic E-state index is 12.1. The molecule has 2 rings (SSSR count). The molecule has 130 valence electrons. The van der Waals surface area contributed by atoms with Crippen molar-refractivity contribution in [2.45, 2.75) is 13.2 Å². The highest BCUT2D eigenvalue weighted by Gasteiger charge is 2.10. The summed E-state index contributed by atoms with van der Waals surface area (Å²) < 4.78 is 6.96. The van der Waals surface area contributed by atoms with Crippen molar-refractivity contribution in [3.8, 4) is 17.5 Å². The second-order valence-corrected chi connectivity index (χ2v) is 5.07. The van der Waals surface area contributed by atoms with Crippen LogP contribution in [0.2, 0.25) is 0 Å².